The number of hydrogen-bond acceptors (Lipinski definition) is 6. The van der Waals surface area contributed by atoms with Gasteiger partial charge in [0, 0.05) is 85.7 Å². The van der Waals surface area contributed by atoms with Crippen LogP contribution in [0.5, 0.6) is 0 Å². The zero-order valence-electron chi connectivity index (χ0n) is 23.1. The molecule has 3 aliphatic heterocycles. The number of rotatable bonds is 9. The molecule has 2 bridgehead atoms. The van der Waals surface area contributed by atoms with Crippen molar-refractivity contribution in [1.82, 2.24) is 25.2 Å². The first-order chi connectivity index (χ1) is 18.5. The highest BCUT2D eigenvalue weighted by Gasteiger charge is 2.41. The highest BCUT2D eigenvalue weighted by molar-refractivity contribution is 5.94. The second-order valence-electron chi connectivity index (χ2n) is 11.0. The fourth-order valence-electron chi connectivity index (χ4n) is 6.13. The summed E-state index contributed by atoms with van der Waals surface area (Å²) in [6, 6.07) is 14.4. The van der Waals surface area contributed by atoms with Gasteiger partial charge in [0.2, 0.25) is 0 Å². The van der Waals surface area contributed by atoms with Crippen LogP contribution in [0.1, 0.15) is 73.1 Å². The molecule has 1 N–H and O–H groups in total. The van der Waals surface area contributed by atoms with Crippen molar-refractivity contribution in [3.8, 4) is 11.4 Å². The third kappa shape index (κ3) is 5.58. The van der Waals surface area contributed by atoms with Gasteiger partial charge in [-0.1, -0.05) is 13.8 Å². The van der Waals surface area contributed by atoms with Gasteiger partial charge >= 0.3 is 0 Å². The number of pyridine rings is 1. The molecule has 7 heteroatoms. The minimum absolute atomic E-state index is 0.00195. The lowest BCUT2D eigenvalue weighted by Crippen LogP contribution is -2.56. The number of amides is 1. The predicted octanol–water partition coefficient (Wildman–Crippen LogP) is 5.12. The summed E-state index contributed by atoms with van der Waals surface area (Å²) in [4.78, 5) is 31.7. The first-order valence-corrected chi connectivity index (χ1v) is 14.1. The second-order valence-corrected chi connectivity index (χ2v) is 11.0. The predicted molar refractivity (Wildman–Crippen MR) is 153 cm³/mol. The fraction of sp³-hybridized carbons (Fsp3) is 0.484. The molecule has 200 valence electrons. The van der Waals surface area contributed by atoms with Gasteiger partial charge in [0.25, 0.3) is 5.91 Å². The second kappa shape index (κ2) is 11.6. The molecule has 1 unspecified atom stereocenters. The summed E-state index contributed by atoms with van der Waals surface area (Å²) in [6.45, 7) is 7.24. The van der Waals surface area contributed by atoms with Gasteiger partial charge in [0.1, 0.15) is 0 Å². The Labute approximate surface area is 226 Å². The first-order valence-electron chi connectivity index (χ1n) is 14.1. The van der Waals surface area contributed by atoms with Crippen LogP contribution in [0.25, 0.3) is 11.4 Å². The molecule has 0 spiro atoms. The van der Waals surface area contributed by atoms with Crippen LogP contribution in [-0.4, -0.2) is 65.5 Å². The quantitative estimate of drug-likeness (QED) is 0.429. The van der Waals surface area contributed by atoms with Crippen molar-refractivity contribution < 1.29 is 4.79 Å². The average molecular weight is 513 g/mol. The number of benzene rings is 1. The molecule has 5 heterocycles. The highest BCUT2D eigenvalue weighted by atomic mass is 16.1. The van der Waals surface area contributed by atoms with E-state index in [9.17, 15) is 4.79 Å². The summed E-state index contributed by atoms with van der Waals surface area (Å²) < 4.78 is 0. The van der Waals surface area contributed by atoms with Gasteiger partial charge in [0.05, 0.1) is 0 Å². The largest absolute Gasteiger partial charge is 0.378 e. The molecule has 4 atom stereocenters. The molecule has 3 aliphatic rings. The number of nitrogens with zero attached hydrogens (tertiary/aromatic N) is 5. The molecule has 3 fully saturated rings. The van der Waals surface area contributed by atoms with Gasteiger partial charge in [-0.05, 0) is 80.6 Å². The molecule has 1 amide bonds. The molecule has 3 aromatic rings. The highest BCUT2D eigenvalue weighted by Crippen LogP contribution is 2.42. The Morgan fingerprint density at radius 3 is 2.45 bits per heavy atom. The summed E-state index contributed by atoms with van der Waals surface area (Å²) in [5, 5.41) is 3.20. The SMILES string of the molecule is CCC(CC)c1cc([C@H]2CN3CC[C@H]2C[C@@H]3CNC(=O)c2ccc(N(C)C)cc2)nc(-c2ccncc2)n1. The molecule has 0 aliphatic carbocycles. The zero-order chi connectivity index (χ0) is 26.6. The number of anilines is 1. The molecule has 7 nitrogen and oxygen atoms in total. The Hall–Kier alpha value is -3.32. The van der Waals surface area contributed by atoms with Gasteiger partial charge in [0.15, 0.2) is 5.82 Å². The minimum Gasteiger partial charge on any atom is -0.378 e. The monoisotopic (exact) mass is 512 g/mol. The molecule has 0 saturated carbocycles. The van der Waals surface area contributed by atoms with Gasteiger partial charge in [-0.2, -0.15) is 0 Å². The Bertz CT molecular complexity index is 1220. The summed E-state index contributed by atoms with van der Waals surface area (Å²) in [5.41, 5.74) is 5.16. The normalized spacial score (nSPS) is 22.4. The van der Waals surface area contributed by atoms with Crippen LogP contribution in [0.15, 0.2) is 54.9 Å². The zero-order valence-corrected chi connectivity index (χ0v) is 23.1. The number of carbonyl (C=O) groups is 1. The maximum atomic E-state index is 12.8. The maximum Gasteiger partial charge on any atom is 0.251 e. The van der Waals surface area contributed by atoms with E-state index in [0.717, 1.165) is 55.1 Å². The summed E-state index contributed by atoms with van der Waals surface area (Å²) >= 11 is 0. The van der Waals surface area contributed by atoms with Gasteiger partial charge < -0.3 is 10.2 Å². The van der Waals surface area contributed by atoms with Crippen LogP contribution in [0.2, 0.25) is 0 Å². The lowest BCUT2D eigenvalue weighted by molar-refractivity contribution is 0.0290. The van der Waals surface area contributed by atoms with Crippen LogP contribution >= 0.6 is 0 Å². The van der Waals surface area contributed by atoms with Crippen molar-refractivity contribution in [2.24, 2.45) is 5.92 Å². The van der Waals surface area contributed by atoms with Crippen LogP contribution in [0.4, 0.5) is 5.69 Å². The summed E-state index contributed by atoms with van der Waals surface area (Å²) in [5.74, 6) is 2.21. The van der Waals surface area contributed by atoms with Crippen LogP contribution in [0.3, 0.4) is 0 Å². The van der Waals surface area contributed by atoms with E-state index in [4.69, 9.17) is 9.97 Å². The number of aromatic nitrogens is 3. The molecule has 3 saturated heterocycles. The Morgan fingerprint density at radius 1 is 1.08 bits per heavy atom. The Morgan fingerprint density at radius 2 is 1.82 bits per heavy atom. The number of piperidine rings is 3. The van der Waals surface area contributed by atoms with Crippen molar-refractivity contribution in [3.63, 3.8) is 0 Å². The van der Waals surface area contributed by atoms with E-state index < -0.39 is 0 Å². The number of nitrogens with one attached hydrogen (secondary N) is 1. The maximum absolute atomic E-state index is 12.8. The van der Waals surface area contributed by atoms with Gasteiger partial charge in [-0.3, -0.25) is 14.7 Å². The average Bonchev–Trinajstić information content (AvgIpc) is 2.97. The van der Waals surface area contributed by atoms with E-state index in [0.29, 0.717) is 35.9 Å². The molecular formula is C31H40N6O. The molecule has 0 radical (unpaired) electrons. The summed E-state index contributed by atoms with van der Waals surface area (Å²) in [6.07, 6.45) is 8.03. The smallest absolute Gasteiger partial charge is 0.251 e. The lowest BCUT2D eigenvalue weighted by Gasteiger charge is -2.49. The number of fused-ring (bicyclic) bond motifs is 3. The first kappa shape index (κ1) is 26.3. The third-order valence-electron chi connectivity index (χ3n) is 8.51. The van der Waals surface area contributed by atoms with Crippen molar-refractivity contribution in [1.29, 1.82) is 0 Å². The van der Waals surface area contributed by atoms with E-state index >= 15 is 0 Å². The van der Waals surface area contributed by atoms with Crippen molar-refractivity contribution >= 4 is 11.6 Å². The number of hydrogen-bond donors (Lipinski definition) is 1. The van der Waals surface area contributed by atoms with Crippen molar-refractivity contribution in [3.05, 3.63) is 71.8 Å². The van der Waals surface area contributed by atoms with E-state index in [-0.39, 0.29) is 5.91 Å². The van der Waals surface area contributed by atoms with Gasteiger partial charge in [-0.25, -0.2) is 9.97 Å². The van der Waals surface area contributed by atoms with E-state index in [2.05, 4.69) is 35.1 Å². The summed E-state index contributed by atoms with van der Waals surface area (Å²) in [7, 11) is 4.01. The van der Waals surface area contributed by atoms with E-state index in [1.807, 2.05) is 67.8 Å². The van der Waals surface area contributed by atoms with E-state index in [1.165, 1.54) is 12.1 Å². The van der Waals surface area contributed by atoms with Crippen molar-refractivity contribution in [2.75, 3.05) is 38.6 Å². The Kier molecular flexibility index (Phi) is 8.03. The molecular weight excluding hydrogens is 472 g/mol. The minimum atomic E-state index is 0.00195. The molecule has 6 rings (SSSR count). The fourth-order valence-corrected chi connectivity index (χ4v) is 6.13. The van der Waals surface area contributed by atoms with E-state index in [1.54, 1.807) is 0 Å². The molecule has 1 aromatic carbocycles. The van der Waals surface area contributed by atoms with Crippen LogP contribution < -0.4 is 10.2 Å². The molecule has 2 aromatic heterocycles. The Balaban J connectivity index is 1.30. The van der Waals surface area contributed by atoms with Crippen LogP contribution in [0, 0.1) is 5.92 Å². The van der Waals surface area contributed by atoms with Crippen molar-refractivity contribution in [2.45, 2.75) is 57.4 Å². The van der Waals surface area contributed by atoms with Gasteiger partial charge in [-0.15, -0.1) is 0 Å². The van der Waals surface area contributed by atoms with Crippen LogP contribution in [-0.2, 0) is 0 Å². The third-order valence-corrected chi connectivity index (χ3v) is 8.51. The topological polar surface area (TPSA) is 74.2 Å². The molecule has 38 heavy (non-hydrogen) atoms. The number of carbonyl (C=O) groups excluding carboxylic acids is 1. The lowest BCUT2D eigenvalue weighted by atomic mass is 9.74. The standard InChI is InChI=1S/C31H40N6O/c1-5-21(6-2)28-18-29(35-30(34-28)22-11-14-32-15-12-22)27-20-37-16-13-24(27)17-26(37)19-33-31(38)23-7-9-25(10-8-23)36(3)4/h7-12,14-15,18,21,24,26-27H,5-6,13,16-17,19-20H2,1-4H3,(H,33,38)/t24-,26+,27-/m0/s1.